The summed E-state index contributed by atoms with van der Waals surface area (Å²) in [7, 11) is 0. The van der Waals surface area contributed by atoms with Gasteiger partial charge in [-0.05, 0) is 30.7 Å². The van der Waals surface area contributed by atoms with Gasteiger partial charge >= 0.3 is 5.97 Å². The van der Waals surface area contributed by atoms with Crippen molar-refractivity contribution in [2.24, 2.45) is 0 Å². The highest BCUT2D eigenvalue weighted by atomic mass is 16.5. The molecule has 0 unspecified atom stereocenters. The van der Waals surface area contributed by atoms with Crippen LogP contribution >= 0.6 is 0 Å². The maximum absolute atomic E-state index is 11.6. The van der Waals surface area contributed by atoms with Crippen LogP contribution < -0.4 is 5.32 Å². The van der Waals surface area contributed by atoms with E-state index in [-0.39, 0.29) is 5.97 Å². The molecule has 0 saturated heterocycles. The van der Waals surface area contributed by atoms with Crippen molar-refractivity contribution in [3.05, 3.63) is 66.0 Å². The highest BCUT2D eigenvalue weighted by Gasteiger charge is 2.05. The first kappa shape index (κ1) is 14.2. The number of pyridine rings is 1. The van der Waals surface area contributed by atoms with Crippen molar-refractivity contribution >= 4 is 5.97 Å². The molecule has 0 aliphatic carbocycles. The molecule has 0 amide bonds. The minimum absolute atomic E-state index is 0.331. The van der Waals surface area contributed by atoms with Gasteiger partial charge in [0.25, 0.3) is 0 Å². The van der Waals surface area contributed by atoms with Gasteiger partial charge in [-0.25, -0.2) is 4.79 Å². The van der Waals surface area contributed by atoms with Gasteiger partial charge in [-0.2, -0.15) is 0 Å². The number of rotatable bonds is 7. The molecule has 0 atom stereocenters. The summed E-state index contributed by atoms with van der Waals surface area (Å²) in [5.41, 5.74) is 1.78. The lowest BCUT2D eigenvalue weighted by molar-refractivity contribution is 0.0508. The molecule has 0 radical (unpaired) electrons. The molecule has 1 aromatic carbocycles. The Morgan fingerprint density at radius 2 is 1.95 bits per heavy atom. The minimum atomic E-state index is -0.331. The lowest BCUT2D eigenvalue weighted by Crippen LogP contribution is -2.23. The molecule has 0 fully saturated rings. The Morgan fingerprint density at radius 3 is 2.70 bits per heavy atom. The number of ether oxygens (including phenoxy) is 1. The van der Waals surface area contributed by atoms with E-state index in [0.717, 1.165) is 13.0 Å². The van der Waals surface area contributed by atoms with Crippen LogP contribution in [0.1, 0.15) is 15.9 Å². The first-order valence-electron chi connectivity index (χ1n) is 6.68. The zero-order valence-corrected chi connectivity index (χ0v) is 11.3. The summed E-state index contributed by atoms with van der Waals surface area (Å²) < 4.78 is 5.14. The Bertz CT molecular complexity index is 515. The van der Waals surface area contributed by atoms with Gasteiger partial charge in [0, 0.05) is 18.9 Å². The number of nitrogens with one attached hydrogen (secondary N) is 1. The average molecular weight is 270 g/mol. The molecule has 0 bridgehead atoms. The van der Waals surface area contributed by atoms with Crippen LogP contribution in [0.15, 0.2) is 54.9 Å². The summed E-state index contributed by atoms with van der Waals surface area (Å²) in [4.78, 5) is 15.5. The van der Waals surface area contributed by atoms with E-state index < -0.39 is 0 Å². The van der Waals surface area contributed by atoms with Crippen LogP contribution in [0.25, 0.3) is 0 Å². The van der Waals surface area contributed by atoms with E-state index in [1.165, 1.54) is 11.8 Å². The SMILES string of the molecule is O=C(OCCNCCc1ccccc1)c1cccnc1. The van der Waals surface area contributed by atoms with Gasteiger partial charge in [0.05, 0.1) is 5.56 Å². The number of esters is 1. The molecule has 1 aromatic heterocycles. The predicted molar refractivity (Wildman–Crippen MR) is 77.5 cm³/mol. The van der Waals surface area contributed by atoms with Crippen molar-refractivity contribution < 1.29 is 9.53 Å². The first-order chi connectivity index (χ1) is 9.86. The minimum Gasteiger partial charge on any atom is -0.461 e. The van der Waals surface area contributed by atoms with Crippen LogP contribution in [0.3, 0.4) is 0 Å². The Labute approximate surface area is 118 Å². The van der Waals surface area contributed by atoms with Crippen LogP contribution in [-0.2, 0) is 11.2 Å². The molecule has 2 rings (SSSR count). The van der Waals surface area contributed by atoms with Gasteiger partial charge in [-0.3, -0.25) is 4.98 Å². The number of carbonyl (C=O) groups is 1. The first-order valence-corrected chi connectivity index (χ1v) is 6.68. The predicted octanol–water partition coefficient (Wildman–Crippen LogP) is 2.07. The Hall–Kier alpha value is -2.20. The summed E-state index contributed by atoms with van der Waals surface area (Å²) in [6.07, 6.45) is 4.10. The third-order valence-corrected chi connectivity index (χ3v) is 2.84. The van der Waals surface area contributed by atoms with Crippen LogP contribution in [0.4, 0.5) is 0 Å². The second kappa shape index (κ2) is 8.07. The number of hydrogen-bond acceptors (Lipinski definition) is 4. The third kappa shape index (κ3) is 4.82. The Kier molecular flexibility index (Phi) is 5.73. The van der Waals surface area contributed by atoms with Crippen molar-refractivity contribution in [1.29, 1.82) is 0 Å². The van der Waals surface area contributed by atoms with E-state index in [2.05, 4.69) is 22.4 Å². The number of hydrogen-bond donors (Lipinski definition) is 1. The van der Waals surface area contributed by atoms with Crippen LogP contribution in [0.5, 0.6) is 0 Å². The van der Waals surface area contributed by atoms with Crippen molar-refractivity contribution in [2.75, 3.05) is 19.7 Å². The van der Waals surface area contributed by atoms with Gasteiger partial charge in [0.2, 0.25) is 0 Å². The molecular formula is C16H18N2O2. The molecule has 1 heterocycles. The topological polar surface area (TPSA) is 51.2 Å². The van der Waals surface area contributed by atoms with Gasteiger partial charge < -0.3 is 10.1 Å². The van der Waals surface area contributed by atoms with Crippen molar-refractivity contribution in [3.8, 4) is 0 Å². The molecular weight excluding hydrogens is 252 g/mol. The van der Waals surface area contributed by atoms with Gasteiger partial charge in [-0.15, -0.1) is 0 Å². The van der Waals surface area contributed by atoms with Crippen LogP contribution in [0.2, 0.25) is 0 Å². The lowest BCUT2D eigenvalue weighted by atomic mass is 10.1. The summed E-state index contributed by atoms with van der Waals surface area (Å²) in [5, 5.41) is 3.25. The fourth-order valence-corrected chi connectivity index (χ4v) is 1.79. The summed E-state index contributed by atoms with van der Waals surface area (Å²) >= 11 is 0. The van der Waals surface area contributed by atoms with E-state index in [9.17, 15) is 4.79 Å². The number of carbonyl (C=O) groups excluding carboxylic acids is 1. The summed E-state index contributed by atoms with van der Waals surface area (Å²) in [6.45, 7) is 1.88. The van der Waals surface area contributed by atoms with Gasteiger partial charge in [0.15, 0.2) is 0 Å². The van der Waals surface area contributed by atoms with E-state index in [1.807, 2.05) is 18.2 Å². The normalized spacial score (nSPS) is 10.2. The van der Waals surface area contributed by atoms with E-state index in [4.69, 9.17) is 4.74 Å². The van der Waals surface area contributed by atoms with Crippen molar-refractivity contribution in [1.82, 2.24) is 10.3 Å². The second-order valence-corrected chi connectivity index (χ2v) is 4.36. The standard InChI is InChI=1S/C16H18N2O2/c19-16(15-7-4-9-18-13-15)20-12-11-17-10-8-14-5-2-1-3-6-14/h1-7,9,13,17H,8,10-12H2. The third-order valence-electron chi connectivity index (χ3n) is 2.84. The van der Waals surface area contributed by atoms with Crippen LogP contribution in [0, 0.1) is 0 Å². The van der Waals surface area contributed by atoms with Crippen molar-refractivity contribution in [3.63, 3.8) is 0 Å². The smallest absolute Gasteiger partial charge is 0.339 e. The quantitative estimate of drug-likeness (QED) is 0.618. The molecule has 104 valence electrons. The second-order valence-electron chi connectivity index (χ2n) is 4.36. The average Bonchev–Trinajstić information content (AvgIpc) is 2.52. The van der Waals surface area contributed by atoms with E-state index >= 15 is 0 Å². The summed E-state index contributed by atoms with van der Waals surface area (Å²) in [5.74, 6) is -0.331. The molecule has 2 aromatic rings. The number of aromatic nitrogens is 1. The molecule has 4 nitrogen and oxygen atoms in total. The highest BCUT2D eigenvalue weighted by Crippen LogP contribution is 1.99. The molecule has 1 N–H and O–H groups in total. The van der Waals surface area contributed by atoms with Gasteiger partial charge in [-0.1, -0.05) is 30.3 Å². The molecule has 0 aliphatic rings. The molecule has 0 spiro atoms. The molecule has 4 heteroatoms. The van der Waals surface area contributed by atoms with Crippen LogP contribution in [-0.4, -0.2) is 30.6 Å². The molecule has 20 heavy (non-hydrogen) atoms. The fourth-order valence-electron chi connectivity index (χ4n) is 1.79. The Morgan fingerprint density at radius 1 is 1.10 bits per heavy atom. The maximum atomic E-state index is 11.6. The zero-order chi connectivity index (χ0) is 14.0. The maximum Gasteiger partial charge on any atom is 0.339 e. The van der Waals surface area contributed by atoms with E-state index in [0.29, 0.717) is 18.7 Å². The van der Waals surface area contributed by atoms with Gasteiger partial charge in [0.1, 0.15) is 6.61 Å². The highest BCUT2D eigenvalue weighted by molar-refractivity contribution is 5.88. The largest absolute Gasteiger partial charge is 0.461 e. The summed E-state index contributed by atoms with van der Waals surface area (Å²) in [6, 6.07) is 13.7. The number of nitrogens with zero attached hydrogens (tertiary/aromatic N) is 1. The molecule has 0 aliphatic heterocycles. The van der Waals surface area contributed by atoms with Crippen molar-refractivity contribution in [2.45, 2.75) is 6.42 Å². The molecule has 0 saturated carbocycles. The number of benzene rings is 1. The Balaban J connectivity index is 1.57. The fraction of sp³-hybridized carbons (Fsp3) is 0.250. The monoisotopic (exact) mass is 270 g/mol. The zero-order valence-electron chi connectivity index (χ0n) is 11.3. The lowest BCUT2D eigenvalue weighted by Gasteiger charge is -2.06. The van der Waals surface area contributed by atoms with E-state index in [1.54, 1.807) is 18.3 Å².